The van der Waals surface area contributed by atoms with Crippen LogP contribution in [0.4, 0.5) is 5.82 Å². The number of nitrogens with zero attached hydrogens (tertiary/aromatic N) is 4. The zero-order valence-electron chi connectivity index (χ0n) is 17.0. The average Bonchev–Trinajstić information content (AvgIpc) is 2.74. The lowest BCUT2D eigenvalue weighted by molar-refractivity contribution is 0.248. The van der Waals surface area contributed by atoms with Crippen molar-refractivity contribution in [1.29, 1.82) is 0 Å². The molecule has 0 aliphatic rings. The van der Waals surface area contributed by atoms with Gasteiger partial charge in [0.2, 0.25) is 0 Å². The number of benzene rings is 2. The average molecular weight is 383 g/mol. The quantitative estimate of drug-likeness (QED) is 0.455. The van der Waals surface area contributed by atoms with Gasteiger partial charge in [-0.2, -0.15) is 0 Å². The van der Waals surface area contributed by atoms with Gasteiger partial charge in [-0.15, -0.1) is 0 Å². The van der Waals surface area contributed by atoms with Gasteiger partial charge in [-0.3, -0.25) is 9.88 Å². The monoisotopic (exact) mass is 382 g/mol. The highest BCUT2D eigenvalue weighted by Crippen LogP contribution is 2.25. The van der Waals surface area contributed by atoms with Crippen LogP contribution in [0.3, 0.4) is 0 Å². The summed E-state index contributed by atoms with van der Waals surface area (Å²) in [6.07, 6.45) is 3.72. The Balaban J connectivity index is 1.68. The number of anilines is 1. The highest BCUT2D eigenvalue weighted by atomic mass is 15.2. The summed E-state index contributed by atoms with van der Waals surface area (Å²) in [6, 6.07) is 25.4. The third-order valence-corrected chi connectivity index (χ3v) is 5.00. The summed E-state index contributed by atoms with van der Waals surface area (Å²) in [7, 11) is 4.12. The fraction of sp³-hybridized carbons (Fsp3) is 0.200. The van der Waals surface area contributed by atoms with E-state index in [1.54, 1.807) is 0 Å². The van der Waals surface area contributed by atoms with Crippen molar-refractivity contribution in [3.63, 3.8) is 0 Å². The highest BCUT2D eigenvalue weighted by Gasteiger charge is 2.14. The zero-order valence-corrected chi connectivity index (χ0v) is 17.0. The molecular formula is C25H26N4. The summed E-state index contributed by atoms with van der Waals surface area (Å²) in [5.41, 5.74) is 4.83. The summed E-state index contributed by atoms with van der Waals surface area (Å²) in [6.45, 7) is 2.56. The lowest BCUT2D eigenvalue weighted by Crippen LogP contribution is -2.24. The van der Waals surface area contributed by atoms with Gasteiger partial charge in [0.15, 0.2) is 0 Å². The first-order valence-electron chi connectivity index (χ1n) is 9.90. The molecule has 0 spiro atoms. The van der Waals surface area contributed by atoms with Crippen molar-refractivity contribution in [1.82, 2.24) is 14.9 Å². The number of fused-ring (bicyclic) bond motifs is 1. The lowest BCUT2D eigenvalue weighted by Gasteiger charge is -2.25. The minimum absolute atomic E-state index is 0.822. The molecule has 0 aliphatic carbocycles. The van der Waals surface area contributed by atoms with Crippen molar-refractivity contribution in [2.45, 2.75) is 19.6 Å². The molecule has 29 heavy (non-hydrogen) atoms. The van der Waals surface area contributed by atoms with E-state index in [1.807, 2.05) is 18.5 Å². The van der Waals surface area contributed by atoms with Crippen LogP contribution < -0.4 is 4.90 Å². The number of pyridine rings is 2. The summed E-state index contributed by atoms with van der Waals surface area (Å²) < 4.78 is 0. The fourth-order valence-corrected chi connectivity index (χ4v) is 3.65. The van der Waals surface area contributed by atoms with E-state index in [0.717, 1.165) is 31.0 Å². The number of rotatable bonds is 7. The minimum Gasteiger partial charge on any atom is -0.362 e. The van der Waals surface area contributed by atoms with E-state index in [4.69, 9.17) is 4.98 Å². The van der Waals surface area contributed by atoms with Crippen LogP contribution >= 0.6 is 0 Å². The lowest BCUT2D eigenvalue weighted by atomic mass is 10.1. The second-order valence-electron chi connectivity index (χ2n) is 7.54. The Hall–Kier alpha value is -3.24. The van der Waals surface area contributed by atoms with E-state index < -0.39 is 0 Å². The second kappa shape index (κ2) is 8.84. The van der Waals surface area contributed by atoms with Crippen LogP contribution in [-0.2, 0) is 19.6 Å². The van der Waals surface area contributed by atoms with Gasteiger partial charge in [0.1, 0.15) is 5.82 Å². The first-order chi connectivity index (χ1) is 14.2. The molecule has 4 aromatic rings. The van der Waals surface area contributed by atoms with Crippen molar-refractivity contribution in [3.8, 4) is 0 Å². The predicted molar refractivity (Wildman–Crippen MR) is 120 cm³/mol. The molecule has 0 unspecified atom stereocenters. The third kappa shape index (κ3) is 4.79. The van der Waals surface area contributed by atoms with Crippen molar-refractivity contribution in [2.75, 3.05) is 19.0 Å². The number of hydrogen-bond donors (Lipinski definition) is 0. The highest BCUT2D eigenvalue weighted by molar-refractivity contribution is 5.81. The summed E-state index contributed by atoms with van der Waals surface area (Å²) in [5.74, 6) is 1.02. The topological polar surface area (TPSA) is 32.3 Å². The van der Waals surface area contributed by atoms with Crippen LogP contribution in [0.15, 0.2) is 85.2 Å². The maximum Gasteiger partial charge on any atom is 0.133 e. The maximum atomic E-state index is 4.93. The standard InChI is InChI=1S/C25H26N4/c1-28(2)25-23(16-22-10-6-7-11-24(22)27-25)19-29(17-20-8-4-3-5-9-20)18-21-12-14-26-15-13-21/h3-16H,17-19H2,1-2H3. The molecule has 4 rings (SSSR count). The molecule has 2 aromatic heterocycles. The first kappa shape index (κ1) is 19.1. The van der Waals surface area contributed by atoms with Gasteiger partial charge in [0.25, 0.3) is 0 Å². The summed E-state index contributed by atoms with van der Waals surface area (Å²) in [5, 5.41) is 1.18. The molecular weight excluding hydrogens is 356 g/mol. The number of para-hydroxylation sites is 1. The van der Waals surface area contributed by atoms with Crippen LogP contribution in [0.2, 0.25) is 0 Å². The van der Waals surface area contributed by atoms with Crippen LogP contribution in [-0.4, -0.2) is 29.0 Å². The zero-order chi connectivity index (χ0) is 20.1. The van der Waals surface area contributed by atoms with E-state index in [0.29, 0.717) is 0 Å². The van der Waals surface area contributed by atoms with E-state index >= 15 is 0 Å². The Labute approximate surface area is 172 Å². The Kier molecular flexibility index (Phi) is 5.82. The molecule has 0 N–H and O–H groups in total. The van der Waals surface area contributed by atoms with Gasteiger partial charge < -0.3 is 4.90 Å². The molecule has 0 aliphatic heterocycles. The Morgan fingerprint density at radius 2 is 1.38 bits per heavy atom. The molecule has 146 valence electrons. The van der Waals surface area contributed by atoms with Crippen molar-refractivity contribution in [2.24, 2.45) is 0 Å². The number of hydrogen-bond acceptors (Lipinski definition) is 4. The van der Waals surface area contributed by atoms with Gasteiger partial charge >= 0.3 is 0 Å². The minimum atomic E-state index is 0.822. The summed E-state index contributed by atoms with van der Waals surface area (Å²) >= 11 is 0. The molecule has 0 saturated carbocycles. The normalized spacial score (nSPS) is 11.1. The molecule has 0 bridgehead atoms. The van der Waals surface area contributed by atoms with Crippen molar-refractivity contribution in [3.05, 3.63) is 102 Å². The van der Waals surface area contributed by atoms with E-state index in [2.05, 4.69) is 95.6 Å². The molecule has 0 atom stereocenters. The van der Waals surface area contributed by atoms with Crippen LogP contribution in [0.5, 0.6) is 0 Å². The fourth-order valence-electron chi connectivity index (χ4n) is 3.65. The predicted octanol–water partition coefficient (Wildman–Crippen LogP) is 4.90. The smallest absolute Gasteiger partial charge is 0.133 e. The molecule has 2 aromatic carbocycles. The van der Waals surface area contributed by atoms with Crippen molar-refractivity contribution >= 4 is 16.7 Å². The molecule has 4 nitrogen and oxygen atoms in total. The van der Waals surface area contributed by atoms with Crippen LogP contribution in [0.1, 0.15) is 16.7 Å². The second-order valence-corrected chi connectivity index (χ2v) is 7.54. The molecule has 4 heteroatoms. The Morgan fingerprint density at radius 3 is 2.10 bits per heavy atom. The SMILES string of the molecule is CN(C)c1nc2ccccc2cc1CN(Cc1ccccc1)Cc1ccncc1. The van der Waals surface area contributed by atoms with Crippen molar-refractivity contribution < 1.29 is 0 Å². The number of aromatic nitrogens is 2. The Morgan fingerprint density at radius 1 is 0.724 bits per heavy atom. The van der Waals surface area contributed by atoms with E-state index in [1.165, 1.54) is 22.1 Å². The van der Waals surface area contributed by atoms with Gasteiger partial charge in [-0.05, 0) is 35.4 Å². The first-order valence-corrected chi connectivity index (χ1v) is 9.90. The molecule has 0 radical (unpaired) electrons. The molecule has 0 saturated heterocycles. The maximum absolute atomic E-state index is 4.93. The molecule has 0 amide bonds. The largest absolute Gasteiger partial charge is 0.362 e. The third-order valence-electron chi connectivity index (χ3n) is 5.00. The summed E-state index contributed by atoms with van der Waals surface area (Å²) in [4.78, 5) is 13.7. The van der Waals surface area contributed by atoms with Gasteiger partial charge in [0.05, 0.1) is 5.52 Å². The van der Waals surface area contributed by atoms with E-state index in [-0.39, 0.29) is 0 Å². The molecule has 0 fully saturated rings. The Bertz CT molecular complexity index is 1020. The van der Waals surface area contributed by atoms with E-state index in [9.17, 15) is 0 Å². The van der Waals surface area contributed by atoms with Crippen LogP contribution in [0, 0.1) is 0 Å². The molecule has 2 heterocycles. The van der Waals surface area contributed by atoms with Gasteiger partial charge in [0, 0.05) is 57.1 Å². The van der Waals surface area contributed by atoms with Crippen LogP contribution in [0.25, 0.3) is 10.9 Å². The van der Waals surface area contributed by atoms with Gasteiger partial charge in [-0.25, -0.2) is 4.98 Å². The van der Waals surface area contributed by atoms with Gasteiger partial charge in [-0.1, -0.05) is 48.5 Å².